The van der Waals surface area contributed by atoms with Crippen LogP contribution in [0.25, 0.3) is 10.2 Å². The minimum Gasteiger partial charge on any atom is -0.318 e. The predicted molar refractivity (Wildman–Crippen MR) is 96.0 cm³/mol. The van der Waals surface area contributed by atoms with Crippen LogP contribution in [0.2, 0.25) is 0 Å². The molecule has 0 saturated carbocycles. The van der Waals surface area contributed by atoms with Gasteiger partial charge in [0.05, 0.1) is 16.3 Å². The molecular formula is C18H19N3OS. The van der Waals surface area contributed by atoms with Crippen molar-refractivity contribution in [2.24, 2.45) is 0 Å². The maximum Gasteiger partial charge on any atom is 0.322 e. The molecule has 0 unspecified atom stereocenters. The highest BCUT2D eigenvalue weighted by molar-refractivity contribution is 7.18. The van der Waals surface area contributed by atoms with Crippen molar-refractivity contribution in [2.45, 2.75) is 19.9 Å². The Balaban J connectivity index is 1.74. The number of aryl methyl sites for hydroxylation is 1. The fraction of sp³-hybridized carbons (Fsp3) is 0.222. The van der Waals surface area contributed by atoms with Crippen LogP contribution in [0.5, 0.6) is 0 Å². The van der Waals surface area contributed by atoms with Crippen LogP contribution in [0.4, 0.5) is 10.5 Å². The van der Waals surface area contributed by atoms with E-state index in [4.69, 9.17) is 0 Å². The van der Waals surface area contributed by atoms with Crippen LogP contribution in [0.3, 0.4) is 0 Å². The average molecular weight is 325 g/mol. The first kappa shape index (κ1) is 15.5. The Labute approximate surface area is 139 Å². The van der Waals surface area contributed by atoms with E-state index >= 15 is 0 Å². The Hall–Kier alpha value is -2.40. The lowest BCUT2D eigenvalue weighted by Crippen LogP contribution is -2.33. The maximum atomic E-state index is 12.4. The fourth-order valence-corrected chi connectivity index (χ4v) is 3.32. The van der Waals surface area contributed by atoms with Crippen LogP contribution >= 0.6 is 11.3 Å². The van der Waals surface area contributed by atoms with Crippen molar-refractivity contribution >= 4 is 33.3 Å². The molecular weight excluding hydrogens is 306 g/mol. The maximum absolute atomic E-state index is 12.4. The average Bonchev–Trinajstić information content (AvgIpc) is 2.99. The Kier molecular flexibility index (Phi) is 4.30. The second-order valence-electron chi connectivity index (χ2n) is 5.60. The monoisotopic (exact) mass is 325 g/mol. The van der Waals surface area contributed by atoms with Gasteiger partial charge in [0.15, 0.2) is 0 Å². The summed E-state index contributed by atoms with van der Waals surface area (Å²) >= 11 is 1.63. The number of benzene rings is 2. The molecule has 0 aliphatic heterocycles. The molecule has 2 amide bonds. The van der Waals surface area contributed by atoms with E-state index in [2.05, 4.69) is 16.4 Å². The van der Waals surface area contributed by atoms with Crippen LogP contribution in [-0.4, -0.2) is 23.0 Å². The molecule has 1 N–H and O–H groups in total. The molecule has 23 heavy (non-hydrogen) atoms. The number of para-hydroxylation sites is 1. The number of nitrogens with one attached hydrogen (secondary N) is 1. The number of fused-ring (bicyclic) bond motifs is 1. The topological polar surface area (TPSA) is 45.2 Å². The van der Waals surface area contributed by atoms with Crippen LogP contribution in [0, 0.1) is 6.92 Å². The van der Waals surface area contributed by atoms with Gasteiger partial charge in [-0.25, -0.2) is 9.78 Å². The van der Waals surface area contributed by atoms with E-state index in [9.17, 15) is 4.79 Å². The third-order valence-electron chi connectivity index (χ3n) is 3.87. The molecule has 5 heteroatoms. The SMILES string of the molecule is Cc1ccc(NC(=O)N(C)[C@@H](C)c2nc3ccccc3s2)cc1. The summed E-state index contributed by atoms with van der Waals surface area (Å²) in [6.07, 6.45) is 0. The number of nitrogens with zero attached hydrogens (tertiary/aromatic N) is 2. The molecule has 0 radical (unpaired) electrons. The summed E-state index contributed by atoms with van der Waals surface area (Å²) in [5.74, 6) is 0. The first-order valence-corrected chi connectivity index (χ1v) is 8.32. The number of anilines is 1. The van der Waals surface area contributed by atoms with E-state index in [0.717, 1.165) is 20.9 Å². The lowest BCUT2D eigenvalue weighted by Gasteiger charge is -2.23. The molecule has 3 rings (SSSR count). The molecule has 0 bridgehead atoms. The van der Waals surface area contributed by atoms with Crippen LogP contribution in [0.1, 0.15) is 23.5 Å². The van der Waals surface area contributed by atoms with E-state index in [0.29, 0.717) is 0 Å². The van der Waals surface area contributed by atoms with Gasteiger partial charge in [0.25, 0.3) is 0 Å². The Morgan fingerprint density at radius 2 is 1.87 bits per heavy atom. The van der Waals surface area contributed by atoms with Gasteiger partial charge in [0.1, 0.15) is 5.01 Å². The predicted octanol–water partition coefficient (Wildman–Crippen LogP) is 4.83. The van der Waals surface area contributed by atoms with Gasteiger partial charge >= 0.3 is 6.03 Å². The van der Waals surface area contributed by atoms with Crippen LogP contribution in [-0.2, 0) is 0 Å². The number of aromatic nitrogens is 1. The van der Waals surface area contributed by atoms with Gasteiger partial charge in [-0.1, -0.05) is 29.8 Å². The summed E-state index contributed by atoms with van der Waals surface area (Å²) in [5, 5.41) is 3.85. The molecule has 0 saturated heterocycles. The van der Waals surface area contributed by atoms with E-state index in [-0.39, 0.29) is 12.1 Å². The number of hydrogen-bond donors (Lipinski definition) is 1. The molecule has 0 spiro atoms. The van der Waals surface area contributed by atoms with Crippen molar-refractivity contribution in [2.75, 3.05) is 12.4 Å². The molecule has 0 aliphatic carbocycles. The highest BCUT2D eigenvalue weighted by Gasteiger charge is 2.20. The number of rotatable bonds is 3. The summed E-state index contributed by atoms with van der Waals surface area (Å²) in [6.45, 7) is 4.01. The third-order valence-corrected chi connectivity index (χ3v) is 5.08. The second-order valence-corrected chi connectivity index (χ2v) is 6.67. The normalized spacial score (nSPS) is 12.1. The van der Waals surface area contributed by atoms with Gasteiger partial charge in [0, 0.05) is 12.7 Å². The first-order valence-electron chi connectivity index (χ1n) is 7.50. The van der Waals surface area contributed by atoms with Crippen molar-refractivity contribution in [3.63, 3.8) is 0 Å². The molecule has 1 atom stereocenters. The molecule has 3 aromatic rings. The number of thiazole rings is 1. The minimum absolute atomic E-state index is 0.0853. The molecule has 0 fully saturated rings. The van der Waals surface area contributed by atoms with Crippen molar-refractivity contribution in [3.8, 4) is 0 Å². The van der Waals surface area contributed by atoms with Crippen molar-refractivity contribution < 1.29 is 4.79 Å². The minimum atomic E-state index is -0.138. The third kappa shape index (κ3) is 3.35. The number of carbonyl (C=O) groups is 1. The Morgan fingerprint density at radius 1 is 1.17 bits per heavy atom. The van der Waals surface area contributed by atoms with Gasteiger partial charge in [-0.2, -0.15) is 0 Å². The van der Waals surface area contributed by atoms with Gasteiger partial charge in [-0.3, -0.25) is 0 Å². The quantitative estimate of drug-likeness (QED) is 0.749. The van der Waals surface area contributed by atoms with Gasteiger partial charge in [-0.15, -0.1) is 11.3 Å². The molecule has 1 aromatic heterocycles. The highest BCUT2D eigenvalue weighted by atomic mass is 32.1. The summed E-state index contributed by atoms with van der Waals surface area (Å²) < 4.78 is 1.14. The van der Waals surface area contributed by atoms with E-state index in [1.54, 1.807) is 23.3 Å². The number of hydrogen-bond acceptors (Lipinski definition) is 3. The van der Waals surface area contributed by atoms with E-state index < -0.39 is 0 Å². The summed E-state index contributed by atoms with van der Waals surface area (Å²) in [7, 11) is 1.79. The smallest absolute Gasteiger partial charge is 0.318 e. The van der Waals surface area contributed by atoms with Crippen molar-refractivity contribution in [1.29, 1.82) is 0 Å². The van der Waals surface area contributed by atoms with E-state index in [1.807, 2.05) is 56.3 Å². The Morgan fingerprint density at radius 3 is 2.57 bits per heavy atom. The standard InChI is InChI=1S/C18H19N3OS/c1-12-8-10-14(11-9-12)19-18(22)21(3)13(2)17-20-15-6-4-5-7-16(15)23-17/h4-11,13H,1-3H3,(H,19,22)/t13-/m0/s1. The fourth-order valence-electron chi connectivity index (χ4n) is 2.26. The van der Waals surface area contributed by atoms with Crippen LogP contribution < -0.4 is 5.32 Å². The zero-order valence-corrected chi connectivity index (χ0v) is 14.2. The van der Waals surface area contributed by atoms with E-state index in [1.165, 1.54) is 5.56 Å². The first-order chi connectivity index (χ1) is 11.0. The highest BCUT2D eigenvalue weighted by Crippen LogP contribution is 2.29. The zero-order chi connectivity index (χ0) is 16.4. The zero-order valence-electron chi connectivity index (χ0n) is 13.4. The molecule has 0 aliphatic rings. The largest absolute Gasteiger partial charge is 0.322 e. The number of amides is 2. The molecule has 1 heterocycles. The molecule has 118 valence electrons. The summed E-state index contributed by atoms with van der Waals surface area (Å²) in [4.78, 5) is 18.7. The number of carbonyl (C=O) groups excluding carboxylic acids is 1. The lowest BCUT2D eigenvalue weighted by molar-refractivity contribution is 0.208. The number of urea groups is 1. The summed E-state index contributed by atoms with van der Waals surface area (Å²) in [6, 6.07) is 15.6. The second kappa shape index (κ2) is 6.38. The van der Waals surface area contributed by atoms with Crippen molar-refractivity contribution in [3.05, 3.63) is 59.1 Å². The Bertz CT molecular complexity index is 793. The van der Waals surface area contributed by atoms with Gasteiger partial charge in [-0.05, 0) is 38.1 Å². The van der Waals surface area contributed by atoms with Gasteiger partial charge in [0.2, 0.25) is 0 Å². The van der Waals surface area contributed by atoms with Crippen LogP contribution in [0.15, 0.2) is 48.5 Å². The summed E-state index contributed by atoms with van der Waals surface area (Å²) in [5.41, 5.74) is 2.94. The molecule has 2 aromatic carbocycles. The molecule has 4 nitrogen and oxygen atoms in total. The van der Waals surface area contributed by atoms with Crippen molar-refractivity contribution in [1.82, 2.24) is 9.88 Å². The lowest BCUT2D eigenvalue weighted by atomic mass is 10.2. The van der Waals surface area contributed by atoms with Gasteiger partial charge < -0.3 is 10.2 Å².